The average molecular weight is 232 g/mol. The minimum Gasteiger partial charge on any atom is -0.508 e. The van der Waals surface area contributed by atoms with E-state index in [-0.39, 0.29) is 17.9 Å². The maximum absolute atomic E-state index is 9.27. The summed E-state index contributed by atoms with van der Waals surface area (Å²) in [4.78, 5) is 2.18. The second-order valence-corrected chi connectivity index (χ2v) is 4.28. The fourth-order valence-corrected chi connectivity index (χ4v) is 2.30. The number of hydrogen-bond donors (Lipinski definition) is 1. The first-order valence-electron chi connectivity index (χ1n) is 5.70. The number of nitriles is 1. The van der Waals surface area contributed by atoms with E-state index in [2.05, 4.69) is 11.0 Å². The molecule has 1 aliphatic heterocycles. The molecule has 4 nitrogen and oxygen atoms in total. The Kier molecular flexibility index (Phi) is 3.50. The lowest BCUT2D eigenvalue weighted by atomic mass is 10.1. The molecule has 1 saturated heterocycles. The van der Waals surface area contributed by atoms with Crippen molar-refractivity contribution in [3.8, 4) is 11.8 Å². The van der Waals surface area contributed by atoms with E-state index in [1.165, 1.54) is 0 Å². The lowest BCUT2D eigenvalue weighted by molar-refractivity contribution is 0.118. The first-order chi connectivity index (χ1) is 8.24. The fraction of sp³-hybridized carbons (Fsp3) is 0.462. The van der Waals surface area contributed by atoms with Crippen molar-refractivity contribution in [3.63, 3.8) is 0 Å². The summed E-state index contributed by atoms with van der Waals surface area (Å²) < 4.78 is 5.36. The molecule has 1 heterocycles. The molecule has 0 aliphatic carbocycles. The standard InChI is InChI=1S/C13H16N2O2/c1-17-13-8-11(6-7-14)15(9-13)10-2-4-12(16)5-3-10/h2-5,11,13,16H,6,8-9H2,1H3/t11-,13+/m0/s1. The Morgan fingerprint density at radius 2 is 2.18 bits per heavy atom. The molecule has 1 aromatic rings. The number of methoxy groups -OCH3 is 1. The van der Waals surface area contributed by atoms with Crippen LogP contribution in [-0.4, -0.2) is 30.9 Å². The number of nitrogens with zero attached hydrogens (tertiary/aromatic N) is 2. The van der Waals surface area contributed by atoms with Gasteiger partial charge in [-0.15, -0.1) is 0 Å². The minimum atomic E-state index is 0.183. The highest BCUT2D eigenvalue weighted by Gasteiger charge is 2.31. The topological polar surface area (TPSA) is 56.5 Å². The van der Waals surface area contributed by atoms with E-state index in [0.29, 0.717) is 6.42 Å². The van der Waals surface area contributed by atoms with Crippen LogP contribution in [0.3, 0.4) is 0 Å². The second-order valence-electron chi connectivity index (χ2n) is 4.28. The van der Waals surface area contributed by atoms with Gasteiger partial charge in [0.1, 0.15) is 5.75 Å². The van der Waals surface area contributed by atoms with Crippen LogP contribution in [0.4, 0.5) is 5.69 Å². The Balaban J connectivity index is 2.17. The van der Waals surface area contributed by atoms with Crippen molar-refractivity contribution in [2.45, 2.75) is 25.0 Å². The third-order valence-electron chi connectivity index (χ3n) is 3.22. The molecular weight excluding hydrogens is 216 g/mol. The van der Waals surface area contributed by atoms with Gasteiger partial charge in [-0.1, -0.05) is 0 Å². The zero-order chi connectivity index (χ0) is 12.3. The number of hydrogen-bond acceptors (Lipinski definition) is 4. The Labute approximate surface area is 101 Å². The number of rotatable bonds is 3. The molecule has 0 saturated carbocycles. The maximum Gasteiger partial charge on any atom is 0.115 e. The quantitative estimate of drug-likeness (QED) is 0.864. The van der Waals surface area contributed by atoms with Gasteiger partial charge in [-0.2, -0.15) is 5.26 Å². The highest BCUT2D eigenvalue weighted by atomic mass is 16.5. The van der Waals surface area contributed by atoms with Gasteiger partial charge in [0.2, 0.25) is 0 Å². The predicted octanol–water partition coefficient (Wildman–Crippen LogP) is 1.90. The largest absolute Gasteiger partial charge is 0.508 e. The average Bonchev–Trinajstić information content (AvgIpc) is 2.74. The van der Waals surface area contributed by atoms with Crippen molar-refractivity contribution in [1.29, 1.82) is 5.26 Å². The summed E-state index contributed by atoms with van der Waals surface area (Å²) in [6.45, 7) is 0.799. The molecular formula is C13H16N2O2. The number of phenolic OH excluding ortho intramolecular Hbond substituents is 1. The highest BCUT2D eigenvalue weighted by Crippen LogP contribution is 2.29. The first-order valence-corrected chi connectivity index (χ1v) is 5.70. The lowest BCUT2D eigenvalue weighted by Gasteiger charge is -2.24. The molecule has 1 aromatic carbocycles. The molecule has 2 atom stereocenters. The number of benzene rings is 1. The SMILES string of the molecule is CO[C@@H]1C[C@H](CC#N)N(c2ccc(O)cc2)C1. The van der Waals surface area contributed by atoms with Gasteiger partial charge in [0.05, 0.1) is 18.6 Å². The van der Waals surface area contributed by atoms with E-state index in [1.54, 1.807) is 19.2 Å². The Morgan fingerprint density at radius 1 is 1.47 bits per heavy atom. The van der Waals surface area contributed by atoms with E-state index in [4.69, 9.17) is 10.00 Å². The number of phenols is 1. The number of aromatic hydroxyl groups is 1. The van der Waals surface area contributed by atoms with Crippen molar-refractivity contribution in [1.82, 2.24) is 0 Å². The van der Waals surface area contributed by atoms with Crippen molar-refractivity contribution in [2.24, 2.45) is 0 Å². The molecule has 0 amide bonds. The van der Waals surface area contributed by atoms with Gasteiger partial charge < -0.3 is 14.7 Å². The molecule has 0 bridgehead atoms. The van der Waals surface area contributed by atoms with Crippen LogP contribution >= 0.6 is 0 Å². The van der Waals surface area contributed by atoms with Gasteiger partial charge >= 0.3 is 0 Å². The van der Waals surface area contributed by atoms with Crippen molar-refractivity contribution < 1.29 is 9.84 Å². The molecule has 1 N–H and O–H groups in total. The third kappa shape index (κ3) is 2.51. The van der Waals surface area contributed by atoms with Crippen LogP contribution in [0.5, 0.6) is 5.75 Å². The lowest BCUT2D eigenvalue weighted by Crippen LogP contribution is -2.29. The third-order valence-corrected chi connectivity index (χ3v) is 3.22. The first kappa shape index (κ1) is 11.7. The summed E-state index contributed by atoms with van der Waals surface area (Å²) >= 11 is 0. The summed E-state index contributed by atoms with van der Waals surface area (Å²) in [7, 11) is 1.70. The van der Waals surface area contributed by atoms with Crippen LogP contribution in [0.25, 0.3) is 0 Å². The van der Waals surface area contributed by atoms with Crippen LogP contribution in [0.2, 0.25) is 0 Å². The summed E-state index contributed by atoms with van der Waals surface area (Å²) in [6, 6.07) is 9.50. The van der Waals surface area contributed by atoms with Gasteiger partial charge in [-0.25, -0.2) is 0 Å². The number of anilines is 1. The minimum absolute atomic E-state index is 0.183. The zero-order valence-electron chi connectivity index (χ0n) is 9.84. The zero-order valence-corrected chi connectivity index (χ0v) is 9.84. The Bertz CT molecular complexity index is 410. The van der Waals surface area contributed by atoms with Crippen molar-refractivity contribution in [3.05, 3.63) is 24.3 Å². The van der Waals surface area contributed by atoms with Crippen LogP contribution in [-0.2, 0) is 4.74 Å². The van der Waals surface area contributed by atoms with Gasteiger partial charge in [-0.05, 0) is 30.7 Å². The molecule has 0 spiro atoms. The van der Waals surface area contributed by atoms with Gasteiger partial charge in [0.15, 0.2) is 0 Å². The molecule has 0 radical (unpaired) electrons. The Morgan fingerprint density at radius 3 is 2.76 bits per heavy atom. The summed E-state index contributed by atoms with van der Waals surface area (Å²) in [5, 5.41) is 18.1. The molecule has 17 heavy (non-hydrogen) atoms. The van der Waals surface area contributed by atoms with Crippen molar-refractivity contribution >= 4 is 5.69 Å². The summed E-state index contributed by atoms with van der Waals surface area (Å²) in [6.07, 6.45) is 1.56. The van der Waals surface area contributed by atoms with Crippen LogP contribution in [0.1, 0.15) is 12.8 Å². The van der Waals surface area contributed by atoms with E-state index in [0.717, 1.165) is 18.7 Å². The van der Waals surface area contributed by atoms with Crippen LogP contribution < -0.4 is 4.90 Å². The van der Waals surface area contributed by atoms with Gasteiger partial charge in [-0.3, -0.25) is 0 Å². The normalized spacial score (nSPS) is 23.6. The Hall–Kier alpha value is -1.73. The molecule has 0 aromatic heterocycles. The molecule has 90 valence electrons. The molecule has 2 rings (SSSR count). The van der Waals surface area contributed by atoms with Crippen LogP contribution in [0.15, 0.2) is 24.3 Å². The molecule has 1 fully saturated rings. The summed E-state index contributed by atoms with van der Waals surface area (Å²) in [5.41, 5.74) is 1.03. The second kappa shape index (κ2) is 5.07. The van der Waals surface area contributed by atoms with Gasteiger partial charge in [0, 0.05) is 25.4 Å². The molecule has 4 heteroatoms. The predicted molar refractivity (Wildman–Crippen MR) is 64.9 cm³/mol. The van der Waals surface area contributed by atoms with E-state index >= 15 is 0 Å². The van der Waals surface area contributed by atoms with Crippen molar-refractivity contribution in [2.75, 3.05) is 18.6 Å². The summed E-state index contributed by atoms with van der Waals surface area (Å²) in [5.74, 6) is 0.257. The fourth-order valence-electron chi connectivity index (χ4n) is 2.30. The van der Waals surface area contributed by atoms with E-state index in [1.807, 2.05) is 12.1 Å². The number of ether oxygens (including phenoxy) is 1. The molecule has 1 aliphatic rings. The van der Waals surface area contributed by atoms with E-state index < -0.39 is 0 Å². The smallest absolute Gasteiger partial charge is 0.115 e. The molecule has 0 unspecified atom stereocenters. The maximum atomic E-state index is 9.27. The monoisotopic (exact) mass is 232 g/mol. The van der Waals surface area contributed by atoms with Gasteiger partial charge in [0.25, 0.3) is 0 Å². The highest BCUT2D eigenvalue weighted by molar-refractivity contribution is 5.51. The van der Waals surface area contributed by atoms with E-state index in [9.17, 15) is 5.11 Å². The van der Waals surface area contributed by atoms with Crippen LogP contribution in [0, 0.1) is 11.3 Å².